The third-order valence-electron chi connectivity index (χ3n) is 3.60. The highest BCUT2D eigenvalue weighted by molar-refractivity contribution is 5.94. The van der Waals surface area contributed by atoms with Crippen LogP contribution in [0, 0.1) is 5.92 Å². The third-order valence-corrected chi connectivity index (χ3v) is 3.60. The van der Waals surface area contributed by atoms with E-state index in [0.29, 0.717) is 5.92 Å². The number of fused-ring (bicyclic) bond motifs is 1. The van der Waals surface area contributed by atoms with E-state index in [1.165, 1.54) is 30.4 Å². The largest absolute Gasteiger partial charge is 0.326 e. The number of aryl methyl sites for hydroxylation is 1. The first-order valence-electron chi connectivity index (χ1n) is 6.26. The van der Waals surface area contributed by atoms with Gasteiger partial charge in [0.1, 0.15) is 0 Å². The van der Waals surface area contributed by atoms with E-state index in [4.69, 9.17) is 0 Å². The van der Waals surface area contributed by atoms with Crippen molar-refractivity contribution in [1.82, 2.24) is 0 Å². The van der Waals surface area contributed by atoms with E-state index in [1.54, 1.807) is 0 Å². The molecular weight excluding hydrogens is 198 g/mol. The summed E-state index contributed by atoms with van der Waals surface area (Å²) in [7, 11) is 0. The molecule has 0 aliphatic heterocycles. The van der Waals surface area contributed by atoms with E-state index in [0.717, 1.165) is 24.9 Å². The van der Waals surface area contributed by atoms with Crippen LogP contribution in [-0.4, -0.2) is 5.91 Å². The van der Waals surface area contributed by atoms with Crippen molar-refractivity contribution in [2.75, 3.05) is 5.32 Å². The minimum atomic E-state index is 0.221. The molecule has 2 heteroatoms. The molecule has 0 radical (unpaired) electrons. The minimum Gasteiger partial charge on any atom is -0.326 e. The fourth-order valence-corrected chi connectivity index (χ4v) is 2.48. The smallest absolute Gasteiger partial charge is 0.227 e. The van der Waals surface area contributed by atoms with Crippen molar-refractivity contribution >= 4 is 11.6 Å². The van der Waals surface area contributed by atoms with Crippen molar-refractivity contribution in [3.05, 3.63) is 29.3 Å². The second-order valence-electron chi connectivity index (χ2n) is 4.91. The predicted octanol–water partition coefficient (Wildman–Crippen LogP) is 2.91. The summed E-state index contributed by atoms with van der Waals surface area (Å²) in [6.07, 6.45) is 6.97. The Morgan fingerprint density at radius 1 is 1.19 bits per heavy atom. The Balaban J connectivity index is 1.85. The number of amides is 1. The highest BCUT2D eigenvalue weighted by Gasteiger charge is 2.30. The molecule has 1 N–H and O–H groups in total. The van der Waals surface area contributed by atoms with E-state index in [9.17, 15) is 4.79 Å². The van der Waals surface area contributed by atoms with Crippen molar-refractivity contribution in [3.63, 3.8) is 0 Å². The van der Waals surface area contributed by atoms with Crippen molar-refractivity contribution in [1.29, 1.82) is 0 Å². The van der Waals surface area contributed by atoms with Crippen LogP contribution in [0.2, 0.25) is 0 Å². The number of carbonyl (C=O) groups is 1. The van der Waals surface area contributed by atoms with Gasteiger partial charge in [-0.05, 0) is 55.7 Å². The molecule has 2 aliphatic carbocycles. The normalized spacial score (nSPS) is 19.0. The number of nitrogens with one attached hydrogen (secondary N) is 1. The van der Waals surface area contributed by atoms with Crippen molar-refractivity contribution in [3.8, 4) is 0 Å². The molecule has 0 heterocycles. The van der Waals surface area contributed by atoms with Gasteiger partial charge in [0.15, 0.2) is 0 Å². The molecule has 0 saturated heterocycles. The molecule has 1 saturated carbocycles. The SMILES string of the molecule is O=C(Nc1cccc2c1CCCC2)C1CC1. The first-order chi connectivity index (χ1) is 7.84. The standard InChI is InChI=1S/C14H17NO/c16-14(11-8-9-11)15-13-7-3-5-10-4-1-2-6-12(10)13/h3,5,7,11H,1-2,4,6,8-9H2,(H,15,16). The Morgan fingerprint density at radius 2 is 2.00 bits per heavy atom. The van der Waals surface area contributed by atoms with E-state index in [2.05, 4.69) is 17.4 Å². The number of rotatable bonds is 2. The van der Waals surface area contributed by atoms with Crippen LogP contribution in [-0.2, 0) is 17.6 Å². The Labute approximate surface area is 96.1 Å². The molecule has 1 amide bonds. The van der Waals surface area contributed by atoms with Crippen LogP contribution in [0.3, 0.4) is 0 Å². The van der Waals surface area contributed by atoms with Crippen LogP contribution >= 0.6 is 0 Å². The third kappa shape index (κ3) is 1.84. The van der Waals surface area contributed by atoms with Gasteiger partial charge in [-0.15, -0.1) is 0 Å². The molecule has 84 valence electrons. The molecule has 2 aliphatic rings. The first kappa shape index (κ1) is 9.88. The fraction of sp³-hybridized carbons (Fsp3) is 0.500. The number of hydrogen-bond donors (Lipinski definition) is 1. The Kier molecular flexibility index (Phi) is 2.43. The molecular formula is C14H17NO. The summed E-state index contributed by atoms with van der Waals surface area (Å²) < 4.78 is 0. The number of anilines is 1. The molecule has 0 bridgehead atoms. The van der Waals surface area contributed by atoms with Crippen LogP contribution in [0.1, 0.15) is 36.8 Å². The highest BCUT2D eigenvalue weighted by Crippen LogP contribution is 2.32. The molecule has 1 aromatic carbocycles. The second kappa shape index (κ2) is 3.93. The first-order valence-corrected chi connectivity index (χ1v) is 6.26. The lowest BCUT2D eigenvalue weighted by Crippen LogP contribution is -2.16. The molecule has 16 heavy (non-hydrogen) atoms. The van der Waals surface area contributed by atoms with Gasteiger partial charge in [-0.2, -0.15) is 0 Å². The Hall–Kier alpha value is -1.31. The lowest BCUT2D eigenvalue weighted by atomic mass is 9.90. The monoisotopic (exact) mass is 215 g/mol. The van der Waals surface area contributed by atoms with Gasteiger partial charge in [-0.1, -0.05) is 12.1 Å². The van der Waals surface area contributed by atoms with Crippen LogP contribution in [0.5, 0.6) is 0 Å². The summed E-state index contributed by atoms with van der Waals surface area (Å²) in [4.78, 5) is 11.7. The zero-order valence-corrected chi connectivity index (χ0v) is 9.46. The van der Waals surface area contributed by atoms with Gasteiger partial charge in [-0.25, -0.2) is 0 Å². The van der Waals surface area contributed by atoms with Crippen molar-refractivity contribution in [2.45, 2.75) is 38.5 Å². The lowest BCUT2D eigenvalue weighted by molar-refractivity contribution is -0.117. The van der Waals surface area contributed by atoms with E-state index < -0.39 is 0 Å². The Morgan fingerprint density at radius 3 is 2.81 bits per heavy atom. The molecule has 0 atom stereocenters. The molecule has 0 aromatic heterocycles. The van der Waals surface area contributed by atoms with Gasteiger partial charge >= 0.3 is 0 Å². The van der Waals surface area contributed by atoms with Crippen molar-refractivity contribution < 1.29 is 4.79 Å². The summed E-state index contributed by atoms with van der Waals surface area (Å²) >= 11 is 0. The van der Waals surface area contributed by atoms with Gasteiger partial charge in [-0.3, -0.25) is 4.79 Å². The topological polar surface area (TPSA) is 29.1 Å². The number of carbonyl (C=O) groups excluding carboxylic acids is 1. The summed E-state index contributed by atoms with van der Waals surface area (Å²) in [5, 5.41) is 3.09. The Bertz CT molecular complexity index is 421. The maximum absolute atomic E-state index is 11.7. The van der Waals surface area contributed by atoms with Crippen molar-refractivity contribution in [2.24, 2.45) is 5.92 Å². The average molecular weight is 215 g/mol. The average Bonchev–Trinajstić information content (AvgIpc) is 3.13. The van der Waals surface area contributed by atoms with Crippen LogP contribution in [0.25, 0.3) is 0 Å². The van der Waals surface area contributed by atoms with E-state index >= 15 is 0 Å². The highest BCUT2D eigenvalue weighted by atomic mass is 16.2. The predicted molar refractivity (Wildman–Crippen MR) is 64.4 cm³/mol. The van der Waals surface area contributed by atoms with Gasteiger partial charge in [0.05, 0.1) is 0 Å². The summed E-state index contributed by atoms with van der Waals surface area (Å²) in [6, 6.07) is 6.30. The summed E-state index contributed by atoms with van der Waals surface area (Å²) in [5.41, 5.74) is 3.87. The van der Waals surface area contributed by atoms with Gasteiger partial charge in [0, 0.05) is 11.6 Å². The fourth-order valence-electron chi connectivity index (χ4n) is 2.48. The summed E-state index contributed by atoms with van der Waals surface area (Å²) in [6.45, 7) is 0. The van der Waals surface area contributed by atoms with Crippen LogP contribution in [0.4, 0.5) is 5.69 Å². The number of hydrogen-bond acceptors (Lipinski definition) is 1. The zero-order valence-electron chi connectivity index (χ0n) is 9.46. The molecule has 0 spiro atoms. The second-order valence-corrected chi connectivity index (χ2v) is 4.91. The molecule has 3 rings (SSSR count). The molecule has 1 aromatic rings. The van der Waals surface area contributed by atoms with Gasteiger partial charge < -0.3 is 5.32 Å². The molecule has 0 unspecified atom stereocenters. The minimum absolute atomic E-state index is 0.221. The van der Waals surface area contributed by atoms with Crippen LogP contribution in [0.15, 0.2) is 18.2 Å². The number of benzene rings is 1. The zero-order chi connectivity index (χ0) is 11.0. The van der Waals surface area contributed by atoms with Gasteiger partial charge in [0.25, 0.3) is 0 Å². The van der Waals surface area contributed by atoms with Crippen LogP contribution < -0.4 is 5.32 Å². The van der Waals surface area contributed by atoms with E-state index in [1.807, 2.05) is 6.07 Å². The molecule has 2 nitrogen and oxygen atoms in total. The molecule has 1 fully saturated rings. The summed E-state index contributed by atoms with van der Waals surface area (Å²) in [5.74, 6) is 0.512. The quantitative estimate of drug-likeness (QED) is 0.807. The maximum Gasteiger partial charge on any atom is 0.227 e. The maximum atomic E-state index is 11.7. The van der Waals surface area contributed by atoms with E-state index in [-0.39, 0.29) is 5.91 Å². The van der Waals surface area contributed by atoms with Gasteiger partial charge in [0.2, 0.25) is 5.91 Å². The lowest BCUT2D eigenvalue weighted by Gasteiger charge is -2.19.